The zero-order valence-electron chi connectivity index (χ0n) is 10.3. The van der Waals surface area contributed by atoms with E-state index >= 15 is 0 Å². The molecule has 1 aliphatic carbocycles. The van der Waals surface area contributed by atoms with E-state index in [0.29, 0.717) is 18.1 Å². The van der Waals surface area contributed by atoms with Crippen molar-refractivity contribution in [3.8, 4) is 0 Å². The molecule has 1 nitrogen and oxygen atoms in total. The summed E-state index contributed by atoms with van der Waals surface area (Å²) in [5.41, 5.74) is 3.76. The van der Waals surface area contributed by atoms with E-state index in [1.807, 2.05) is 6.07 Å². The maximum atomic E-state index is 12.0. The van der Waals surface area contributed by atoms with Crippen molar-refractivity contribution in [1.82, 2.24) is 0 Å². The number of fused-ring (bicyclic) bond motifs is 1. The van der Waals surface area contributed by atoms with Crippen LogP contribution in [0.15, 0.2) is 18.2 Å². The van der Waals surface area contributed by atoms with Crippen molar-refractivity contribution in [3.05, 3.63) is 34.9 Å². The van der Waals surface area contributed by atoms with Crippen LogP contribution in [0.5, 0.6) is 0 Å². The Kier molecular flexibility index (Phi) is 3.42. The molecule has 0 N–H and O–H groups in total. The smallest absolute Gasteiger partial charge is 0.163 e. The van der Waals surface area contributed by atoms with E-state index in [1.165, 1.54) is 24.0 Å². The topological polar surface area (TPSA) is 17.1 Å². The summed E-state index contributed by atoms with van der Waals surface area (Å²) in [7, 11) is 0. The first kappa shape index (κ1) is 11.4. The Morgan fingerprint density at radius 3 is 2.81 bits per heavy atom. The lowest BCUT2D eigenvalue weighted by Gasteiger charge is -2.08. The van der Waals surface area contributed by atoms with Crippen LogP contribution in [0.2, 0.25) is 0 Å². The summed E-state index contributed by atoms with van der Waals surface area (Å²) in [4.78, 5) is 12.0. The molecule has 1 aliphatic rings. The van der Waals surface area contributed by atoms with Crippen LogP contribution in [0.25, 0.3) is 0 Å². The average molecular weight is 216 g/mol. The van der Waals surface area contributed by atoms with E-state index in [-0.39, 0.29) is 0 Å². The second-order valence-corrected chi connectivity index (χ2v) is 4.98. The van der Waals surface area contributed by atoms with Crippen molar-refractivity contribution >= 4 is 5.78 Å². The summed E-state index contributed by atoms with van der Waals surface area (Å²) in [5, 5.41) is 0. The molecule has 1 atom stereocenters. The van der Waals surface area contributed by atoms with Crippen molar-refractivity contribution in [3.63, 3.8) is 0 Å². The van der Waals surface area contributed by atoms with Crippen LogP contribution in [0.1, 0.15) is 54.6 Å². The quantitative estimate of drug-likeness (QED) is 0.700. The van der Waals surface area contributed by atoms with Gasteiger partial charge < -0.3 is 0 Å². The minimum Gasteiger partial charge on any atom is -0.294 e. The molecule has 0 radical (unpaired) electrons. The van der Waals surface area contributed by atoms with Gasteiger partial charge >= 0.3 is 0 Å². The monoisotopic (exact) mass is 216 g/mol. The molecular weight excluding hydrogens is 196 g/mol. The van der Waals surface area contributed by atoms with Crippen molar-refractivity contribution in [2.45, 2.75) is 46.0 Å². The number of benzene rings is 1. The number of carbonyl (C=O) groups excluding carboxylic acids is 1. The first-order valence-electron chi connectivity index (χ1n) is 6.35. The number of hydrogen-bond donors (Lipinski definition) is 0. The van der Waals surface area contributed by atoms with Gasteiger partial charge in [-0.2, -0.15) is 0 Å². The van der Waals surface area contributed by atoms with Crippen LogP contribution in [0.4, 0.5) is 0 Å². The highest BCUT2D eigenvalue weighted by Gasteiger charge is 2.15. The van der Waals surface area contributed by atoms with E-state index in [0.717, 1.165) is 18.4 Å². The second-order valence-electron chi connectivity index (χ2n) is 4.98. The number of aryl methyl sites for hydroxylation is 2. The van der Waals surface area contributed by atoms with Crippen LogP contribution < -0.4 is 0 Å². The molecule has 1 unspecified atom stereocenters. The van der Waals surface area contributed by atoms with E-state index < -0.39 is 0 Å². The van der Waals surface area contributed by atoms with Gasteiger partial charge in [-0.3, -0.25) is 4.79 Å². The maximum Gasteiger partial charge on any atom is 0.163 e. The SMILES string of the molecule is CCC(C)CC(=O)c1ccc2c(c1)CCC2. The van der Waals surface area contributed by atoms with Gasteiger partial charge in [0.2, 0.25) is 0 Å². The van der Waals surface area contributed by atoms with Crippen LogP contribution in [-0.4, -0.2) is 5.78 Å². The molecule has 0 aliphatic heterocycles. The predicted octanol–water partition coefficient (Wildman–Crippen LogP) is 3.79. The number of Topliss-reactive ketones (excluding diaryl/α,β-unsaturated/α-hetero) is 1. The van der Waals surface area contributed by atoms with Gasteiger partial charge in [0, 0.05) is 12.0 Å². The van der Waals surface area contributed by atoms with E-state index in [2.05, 4.69) is 26.0 Å². The fraction of sp³-hybridized carbons (Fsp3) is 0.533. The summed E-state index contributed by atoms with van der Waals surface area (Å²) in [6, 6.07) is 6.27. The number of hydrogen-bond acceptors (Lipinski definition) is 1. The van der Waals surface area contributed by atoms with Gasteiger partial charge in [0.1, 0.15) is 0 Å². The average Bonchev–Trinajstić information content (AvgIpc) is 2.75. The maximum absolute atomic E-state index is 12.0. The molecule has 0 spiro atoms. The lowest BCUT2D eigenvalue weighted by Crippen LogP contribution is -2.05. The zero-order valence-corrected chi connectivity index (χ0v) is 10.3. The second kappa shape index (κ2) is 4.82. The zero-order chi connectivity index (χ0) is 11.5. The third-order valence-electron chi connectivity index (χ3n) is 3.65. The normalized spacial score (nSPS) is 15.9. The summed E-state index contributed by atoms with van der Waals surface area (Å²) in [6.07, 6.45) is 5.36. The highest BCUT2D eigenvalue weighted by molar-refractivity contribution is 5.96. The molecule has 0 aromatic heterocycles. The molecule has 1 aromatic carbocycles. The molecular formula is C15H20O. The fourth-order valence-electron chi connectivity index (χ4n) is 2.32. The predicted molar refractivity (Wildman–Crippen MR) is 66.9 cm³/mol. The van der Waals surface area contributed by atoms with Gasteiger partial charge in [0.05, 0.1) is 0 Å². The molecule has 86 valence electrons. The van der Waals surface area contributed by atoms with Crippen molar-refractivity contribution in [2.75, 3.05) is 0 Å². The van der Waals surface area contributed by atoms with Gasteiger partial charge in [-0.05, 0) is 42.4 Å². The van der Waals surface area contributed by atoms with E-state index in [4.69, 9.17) is 0 Å². The van der Waals surface area contributed by atoms with Gasteiger partial charge in [-0.25, -0.2) is 0 Å². The number of ketones is 1. The molecule has 0 fully saturated rings. The Hall–Kier alpha value is -1.11. The Labute approximate surface area is 97.9 Å². The van der Waals surface area contributed by atoms with Crippen molar-refractivity contribution in [2.24, 2.45) is 5.92 Å². The first-order chi connectivity index (χ1) is 7.70. The minimum atomic E-state index is 0.309. The fourth-order valence-corrected chi connectivity index (χ4v) is 2.32. The molecule has 1 heteroatoms. The third kappa shape index (κ3) is 2.34. The summed E-state index contributed by atoms with van der Waals surface area (Å²) in [5.74, 6) is 0.810. The van der Waals surface area contributed by atoms with Crippen molar-refractivity contribution < 1.29 is 4.79 Å². The minimum absolute atomic E-state index is 0.309. The van der Waals surface area contributed by atoms with Gasteiger partial charge in [0.15, 0.2) is 5.78 Å². The summed E-state index contributed by atoms with van der Waals surface area (Å²) >= 11 is 0. The lowest BCUT2D eigenvalue weighted by atomic mass is 9.96. The highest BCUT2D eigenvalue weighted by Crippen LogP contribution is 2.24. The molecule has 0 saturated carbocycles. The lowest BCUT2D eigenvalue weighted by molar-refractivity contribution is 0.0963. The summed E-state index contributed by atoms with van der Waals surface area (Å²) in [6.45, 7) is 4.28. The van der Waals surface area contributed by atoms with E-state index in [1.54, 1.807) is 0 Å². The first-order valence-corrected chi connectivity index (χ1v) is 6.35. The Morgan fingerprint density at radius 2 is 2.06 bits per heavy atom. The highest BCUT2D eigenvalue weighted by atomic mass is 16.1. The molecule has 2 rings (SSSR count). The Balaban J connectivity index is 2.12. The third-order valence-corrected chi connectivity index (χ3v) is 3.65. The standard InChI is InChI=1S/C15H20O/c1-3-11(2)9-15(16)14-8-7-12-5-4-6-13(12)10-14/h7-8,10-11H,3-6,9H2,1-2H3. The van der Waals surface area contributed by atoms with Crippen LogP contribution in [-0.2, 0) is 12.8 Å². The van der Waals surface area contributed by atoms with Gasteiger partial charge in [-0.1, -0.05) is 32.4 Å². The van der Waals surface area contributed by atoms with Crippen LogP contribution in [0.3, 0.4) is 0 Å². The van der Waals surface area contributed by atoms with Crippen molar-refractivity contribution in [1.29, 1.82) is 0 Å². The molecule has 0 bridgehead atoms. The Bertz CT molecular complexity index is 392. The number of carbonyl (C=O) groups is 1. The van der Waals surface area contributed by atoms with E-state index in [9.17, 15) is 4.79 Å². The largest absolute Gasteiger partial charge is 0.294 e. The molecule has 16 heavy (non-hydrogen) atoms. The van der Waals surface area contributed by atoms with Gasteiger partial charge in [-0.15, -0.1) is 0 Å². The number of rotatable bonds is 4. The van der Waals surface area contributed by atoms with Crippen LogP contribution >= 0.6 is 0 Å². The Morgan fingerprint density at radius 1 is 1.31 bits per heavy atom. The van der Waals surface area contributed by atoms with Crippen LogP contribution in [0, 0.1) is 5.92 Å². The van der Waals surface area contributed by atoms with Gasteiger partial charge in [0.25, 0.3) is 0 Å². The molecule has 0 heterocycles. The summed E-state index contributed by atoms with van der Waals surface area (Å²) < 4.78 is 0. The molecule has 0 saturated heterocycles. The molecule has 1 aromatic rings. The molecule has 0 amide bonds.